The lowest BCUT2D eigenvalue weighted by Crippen LogP contribution is -2.40. The first kappa shape index (κ1) is 12.9. The van der Waals surface area contributed by atoms with Crippen molar-refractivity contribution in [2.75, 3.05) is 20.2 Å². The summed E-state index contributed by atoms with van der Waals surface area (Å²) < 4.78 is 5.90. The Morgan fingerprint density at radius 1 is 1.44 bits per heavy atom. The molecule has 0 saturated carbocycles. The SMILES string of the molecule is Cc1cccc(C#N)c1OCC1CCCCN1C. The molecule has 0 N–H and O–H groups in total. The molecule has 0 bridgehead atoms. The second kappa shape index (κ2) is 5.88. The minimum absolute atomic E-state index is 0.477. The number of rotatable bonds is 3. The van der Waals surface area contributed by atoms with Gasteiger partial charge in [0.15, 0.2) is 0 Å². The van der Waals surface area contributed by atoms with Crippen molar-refractivity contribution in [1.29, 1.82) is 5.26 Å². The van der Waals surface area contributed by atoms with Gasteiger partial charge in [0.05, 0.1) is 5.56 Å². The normalized spacial score (nSPS) is 20.4. The third-order valence-electron chi connectivity index (χ3n) is 3.67. The van der Waals surface area contributed by atoms with E-state index in [4.69, 9.17) is 10.00 Å². The highest BCUT2D eigenvalue weighted by atomic mass is 16.5. The third-order valence-corrected chi connectivity index (χ3v) is 3.67. The van der Waals surface area contributed by atoms with Gasteiger partial charge in [-0.2, -0.15) is 5.26 Å². The molecule has 2 rings (SSSR count). The molecule has 1 aliphatic heterocycles. The molecule has 1 aromatic rings. The number of nitriles is 1. The lowest BCUT2D eigenvalue weighted by atomic mass is 10.0. The van der Waals surface area contributed by atoms with Gasteiger partial charge in [-0.05, 0) is 45.0 Å². The highest BCUT2D eigenvalue weighted by Crippen LogP contribution is 2.24. The van der Waals surface area contributed by atoms with Gasteiger partial charge in [-0.3, -0.25) is 0 Å². The van der Waals surface area contributed by atoms with Crippen LogP contribution in [0.25, 0.3) is 0 Å². The Balaban J connectivity index is 2.04. The number of hydrogen-bond acceptors (Lipinski definition) is 3. The molecule has 0 radical (unpaired) electrons. The molecule has 1 fully saturated rings. The fourth-order valence-corrected chi connectivity index (χ4v) is 2.47. The highest BCUT2D eigenvalue weighted by Gasteiger charge is 2.20. The Hall–Kier alpha value is -1.53. The molecule has 1 atom stereocenters. The number of nitrogens with zero attached hydrogens (tertiary/aromatic N) is 2. The van der Waals surface area contributed by atoms with Crippen molar-refractivity contribution >= 4 is 0 Å². The van der Waals surface area contributed by atoms with Gasteiger partial charge in [-0.1, -0.05) is 18.6 Å². The molecule has 0 aliphatic carbocycles. The van der Waals surface area contributed by atoms with Gasteiger partial charge in [-0.25, -0.2) is 0 Å². The molecular weight excluding hydrogens is 224 g/mol. The van der Waals surface area contributed by atoms with Gasteiger partial charge in [0.2, 0.25) is 0 Å². The average molecular weight is 244 g/mol. The first-order valence-electron chi connectivity index (χ1n) is 6.55. The highest BCUT2D eigenvalue weighted by molar-refractivity contribution is 5.47. The molecule has 0 aromatic heterocycles. The van der Waals surface area contributed by atoms with Crippen molar-refractivity contribution < 1.29 is 4.74 Å². The van der Waals surface area contributed by atoms with E-state index in [0.717, 1.165) is 17.9 Å². The second-order valence-corrected chi connectivity index (χ2v) is 5.00. The largest absolute Gasteiger partial charge is 0.490 e. The van der Waals surface area contributed by atoms with Gasteiger partial charge in [0, 0.05) is 6.04 Å². The summed E-state index contributed by atoms with van der Waals surface area (Å²) in [5.41, 5.74) is 1.67. The molecule has 18 heavy (non-hydrogen) atoms. The predicted octanol–water partition coefficient (Wildman–Crippen LogP) is 2.73. The van der Waals surface area contributed by atoms with Crippen molar-refractivity contribution in [2.24, 2.45) is 0 Å². The zero-order valence-electron chi connectivity index (χ0n) is 11.1. The van der Waals surface area contributed by atoms with Gasteiger partial charge in [0.1, 0.15) is 18.4 Å². The molecule has 3 nitrogen and oxygen atoms in total. The first-order chi connectivity index (χ1) is 8.72. The minimum Gasteiger partial charge on any atom is -0.490 e. The van der Waals surface area contributed by atoms with Gasteiger partial charge in [0.25, 0.3) is 0 Å². The lowest BCUT2D eigenvalue weighted by Gasteiger charge is -2.32. The van der Waals surface area contributed by atoms with E-state index in [1.807, 2.05) is 25.1 Å². The van der Waals surface area contributed by atoms with Crippen LogP contribution in [0.1, 0.15) is 30.4 Å². The third kappa shape index (κ3) is 2.83. The average Bonchev–Trinajstić information content (AvgIpc) is 2.39. The number of likely N-dealkylation sites (tertiary alicyclic amines) is 1. The topological polar surface area (TPSA) is 36.3 Å². The van der Waals surface area contributed by atoms with Crippen LogP contribution in [0.5, 0.6) is 5.75 Å². The maximum absolute atomic E-state index is 9.09. The van der Waals surface area contributed by atoms with Gasteiger partial charge >= 0.3 is 0 Å². The Morgan fingerprint density at radius 3 is 3.00 bits per heavy atom. The molecule has 0 spiro atoms. The van der Waals surface area contributed by atoms with Crippen molar-refractivity contribution in [1.82, 2.24) is 4.90 Å². The smallest absolute Gasteiger partial charge is 0.140 e. The summed E-state index contributed by atoms with van der Waals surface area (Å²) >= 11 is 0. The van der Waals surface area contributed by atoms with E-state index in [-0.39, 0.29) is 0 Å². The molecule has 0 amide bonds. The number of piperidine rings is 1. The molecular formula is C15H20N2O. The summed E-state index contributed by atoms with van der Waals surface area (Å²) in [4.78, 5) is 2.35. The monoisotopic (exact) mass is 244 g/mol. The molecule has 1 aliphatic rings. The molecule has 96 valence electrons. The van der Waals surface area contributed by atoms with Crippen molar-refractivity contribution in [3.63, 3.8) is 0 Å². The Kier molecular flexibility index (Phi) is 4.22. The Bertz CT molecular complexity index is 450. The van der Waals surface area contributed by atoms with Gasteiger partial charge < -0.3 is 9.64 Å². The van der Waals surface area contributed by atoms with E-state index < -0.39 is 0 Å². The Morgan fingerprint density at radius 2 is 2.28 bits per heavy atom. The van der Waals surface area contributed by atoms with Gasteiger partial charge in [-0.15, -0.1) is 0 Å². The maximum Gasteiger partial charge on any atom is 0.140 e. The van der Waals surface area contributed by atoms with Crippen LogP contribution in [0.3, 0.4) is 0 Å². The van der Waals surface area contributed by atoms with Crippen molar-refractivity contribution in [2.45, 2.75) is 32.2 Å². The summed E-state index contributed by atoms with van der Waals surface area (Å²) in [6.07, 6.45) is 3.74. The van der Waals surface area contributed by atoms with Crippen LogP contribution in [-0.2, 0) is 0 Å². The summed E-state index contributed by atoms with van der Waals surface area (Å²) in [5.74, 6) is 0.749. The van der Waals surface area contributed by atoms with Crippen molar-refractivity contribution in [3.05, 3.63) is 29.3 Å². The van der Waals surface area contributed by atoms with E-state index in [1.54, 1.807) is 0 Å². The fraction of sp³-hybridized carbons (Fsp3) is 0.533. The summed E-state index contributed by atoms with van der Waals surface area (Å²) in [5, 5.41) is 9.09. The van der Waals surface area contributed by atoms with Crippen LogP contribution in [0.4, 0.5) is 0 Å². The quantitative estimate of drug-likeness (QED) is 0.820. The predicted molar refractivity (Wildman–Crippen MR) is 71.7 cm³/mol. The maximum atomic E-state index is 9.09. The summed E-state index contributed by atoms with van der Waals surface area (Å²) in [6.45, 7) is 3.81. The molecule has 1 saturated heterocycles. The van der Waals surface area contributed by atoms with Crippen LogP contribution in [0.15, 0.2) is 18.2 Å². The zero-order valence-corrected chi connectivity index (χ0v) is 11.1. The standard InChI is InChI=1S/C15H20N2O/c1-12-6-5-7-13(10-16)15(12)18-11-14-8-3-4-9-17(14)2/h5-7,14H,3-4,8-9,11H2,1-2H3. The van der Waals surface area contributed by atoms with Crippen molar-refractivity contribution in [3.8, 4) is 11.8 Å². The van der Waals surface area contributed by atoms with E-state index in [1.165, 1.54) is 19.3 Å². The number of likely N-dealkylation sites (N-methyl/N-ethyl adjacent to an activating group) is 1. The van der Waals surface area contributed by atoms with Crippen LogP contribution < -0.4 is 4.74 Å². The van der Waals surface area contributed by atoms with Crippen LogP contribution in [0.2, 0.25) is 0 Å². The zero-order chi connectivity index (χ0) is 13.0. The number of ether oxygens (including phenoxy) is 1. The van der Waals surface area contributed by atoms with E-state index in [9.17, 15) is 0 Å². The van der Waals surface area contributed by atoms with E-state index in [0.29, 0.717) is 18.2 Å². The number of aryl methyl sites for hydroxylation is 1. The van der Waals surface area contributed by atoms with Crippen LogP contribution >= 0.6 is 0 Å². The van der Waals surface area contributed by atoms with E-state index >= 15 is 0 Å². The fourth-order valence-electron chi connectivity index (χ4n) is 2.47. The number of hydrogen-bond donors (Lipinski definition) is 0. The summed E-state index contributed by atoms with van der Waals surface area (Å²) in [6, 6.07) is 8.37. The van der Waals surface area contributed by atoms with E-state index in [2.05, 4.69) is 18.0 Å². The minimum atomic E-state index is 0.477. The first-order valence-corrected chi connectivity index (χ1v) is 6.55. The molecule has 1 heterocycles. The molecule has 1 unspecified atom stereocenters. The summed E-state index contributed by atoms with van der Waals surface area (Å²) in [7, 11) is 2.15. The number of para-hydroxylation sites is 1. The second-order valence-electron chi connectivity index (χ2n) is 5.00. The lowest BCUT2D eigenvalue weighted by molar-refractivity contribution is 0.124. The number of benzene rings is 1. The Labute approximate surface area is 109 Å². The molecule has 1 aromatic carbocycles. The molecule has 3 heteroatoms. The van der Waals surface area contributed by atoms with Crippen LogP contribution in [-0.4, -0.2) is 31.1 Å². The van der Waals surface area contributed by atoms with Crippen LogP contribution in [0, 0.1) is 18.3 Å².